The first kappa shape index (κ1) is 19.2. The average molecular weight is 358 g/mol. The zero-order valence-electron chi connectivity index (χ0n) is 16.3. The van der Waals surface area contributed by atoms with Crippen LogP contribution in [0.15, 0.2) is 24.3 Å². The maximum Gasteiger partial charge on any atom is 0.321 e. The van der Waals surface area contributed by atoms with Crippen LogP contribution in [0.2, 0.25) is 0 Å². The monoisotopic (exact) mass is 357 g/mol. The molecule has 2 amide bonds. The summed E-state index contributed by atoms with van der Waals surface area (Å²) >= 11 is 0. The number of benzene rings is 1. The van der Waals surface area contributed by atoms with E-state index in [0.717, 1.165) is 25.2 Å². The third-order valence-electron chi connectivity index (χ3n) is 5.73. The highest BCUT2D eigenvalue weighted by molar-refractivity contribution is 5.89. The van der Waals surface area contributed by atoms with Crippen LogP contribution in [0.25, 0.3) is 0 Å². The summed E-state index contributed by atoms with van der Waals surface area (Å²) < 4.78 is 0. The molecule has 2 atom stereocenters. The summed E-state index contributed by atoms with van der Waals surface area (Å²) in [5.41, 5.74) is 2.28. The molecule has 3 saturated heterocycles. The first-order valence-corrected chi connectivity index (χ1v) is 10.7. The highest BCUT2D eigenvalue weighted by atomic mass is 16.2. The summed E-state index contributed by atoms with van der Waals surface area (Å²) in [6.45, 7) is 3.93. The normalized spacial score (nSPS) is 21.3. The third-order valence-corrected chi connectivity index (χ3v) is 5.73. The predicted molar refractivity (Wildman–Crippen MR) is 109 cm³/mol. The van der Waals surface area contributed by atoms with Gasteiger partial charge in [-0.05, 0) is 37.0 Å². The van der Waals surface area contributed by atoms with Gasteiger partial charge in [0.1, 0.15) is 0 Å². The van der Waals surface area contributed by atoms with E-state index < -0.39 is 0 Å². The summed E-state index contributed by atoms with van der Waals surface area (Å²) in [5.74, 6) is 0. The Morgan fingerprint density at radius 1 is 1.00 bits per heavy atom. The predicted octanol–water partition coefficient (Wildman–Crippen LogP) is 4.95. The highest BCUT2D eigenvalue weighted by Crippen LogP contribution is 2.22. The van der Waals surface area contributed by atoms with E-state index in [2.05, 4.69) is 29.7 Å². The Morgan fingerprint density at radius 3 is 2.19 bits per heavy atom. The van der Waals surface area contributed by atoms with Crippen molar-refractivity contribution < 1.29 is 4.79 Å². The molecule has 0 radical (unpaired) electrons. The van der Waals surface area contributed by atoms with Crippen LogP contribution in [0.4, 0.5) is 10.5 Å². The van der Waals surface area contributed by atoms with Gasteiger partial charge in [0.25, 0.3) is 0 Å². The number of aryl methyl sites for hydroxylation is 1. The second kappa shape index (κ2) is 9.96. The molecule has 0 aliphatic carbocycles. The first-order valence-electron chi connectivity index (χ1n) is 10.7. The van der Waals surface area contributed by atoms with Crippen molar-refractivity contribution >= 4 is 11.7 Å². The minimum absolute atomic E-state index is 0.0389. The van der Waals surface area contributed by atoms with Crippen molar-refractivity contribution in [3.8, 4) is 0 Å². The van der Waals surface area contributed by atoms with Crippen LogP contribution in [-0.4, -0.2) is 36.1 Å². The highest BCUT2D eigenvalue weighted by Gasteiger charge is 2.38. The van der Waals surface area contributed by atoms with Crippen LogP contribution < -0.4 is 10.6 Å². The standard InChI is InChI=1S/C22H35N3O/c1-2-3-4-5-6-7-8-9-10-18-11-13-19(14-12-18)24-22(26)25-16-20-15-21(17-25)23-20/h11-14,20-21,23H,2-10,15-17H2,1H3,(H,24,26). The van der Waals surface area contributed by atoms with E-state index in [1.165, 1.54) is 63.4 Å². The number of anilines is 1. The topological polar surface area (TPSA) is 44.4 Å². The second-order valence-corrected chi connectivity index (χ2v) is 8.05. The lowest BCUT2D eigenvalue weighted by Gasteiger charge is -2.48. The number of hydrogen-bond donors (Lipinski definition) is 2. The Labute approximate surface area is 158 Å². The molecule has 0 saturated carbocycles. The summed E-state index contributed by atoms with van der Waals surface area (Å²) in [4.78, 5) is 14.3. The van der Waals surface area contributed by atoms with E-state index in [4.69, 9.17) is 0 Å². The molecule has 2 N–H and O–H groups in total. The zero-order valence-corrected chi connectivity index (χ0v) is 16.3. The number of fused-ring (bicyclic) bond motifs is 2. The van der Waals surface area contributed by atoms with Crippen molar-refractivity contribution in [3.05, 3.63) is 29.8 Å². The lowest BCUT2D eigenvalue weighted by Crippen LogP contribution is -2.68. The number of piperazine rings is 1. The molecule has 3 fully saturated rings. The Morgan fingerprint density at radius 2 is 1.58 bits per heavy atom. The van der Waals surface area contributed by atoms with Crippen LogP contribution in [-0.2, 0) is 6.42 Å². The van der Waals surface area contributed by atoms with Gasteiger partial charge in [-0.1, -0.05) is 64.0 Å². The van der Waals surface area contributed by atoms with Crippen molar-refractivity contribution in [3.63, 3.8) is 0 Å². The number of amides is 2. The van der Waals surface area contributed by atoms with E-state index in [-0.39, 0.29) is 6.03 Å². The number of piperidine rings is 1. The van der Waals surface area contributed by atoms with Crippen LogP contribution in [0.3, 0.4) is 0 Å². The number of hydrogen-bond acceptors (Lipinski definition) is 2. The summed E-state index contributed by atoms with van der Waals surface area (Å²) in [6.07, 6.45) is 13.2. The lowest BCUT2D eigenvalue weighted by atomic mass is 9.92. The van der Waals surface area contributed by atoms with Crippen LogP contribution in [0.5, 0.6) is 0 Å². The van der Waals surface area contributed by atoms with Gasteiger partial charge in [-0.25, -0.2) is 4.79 Å². The molecular formula is C22H35N3O. The molecule has 0 spiro atoms. The van der Waals surface area contributed by atoms with E-state index >= 15 is 0 Å². The molecule has 3 heterocycles. The molecule has 3 aliphatic rings. The van der Waals surface area contributed by atoms with Crippen LogP contribution in [0, 0.1) is 0 Å². The molecule has 3 aliphatic heterocycles. The molecule has 2 unspecified atom stereocenters. The zero-order chi connectivity index (χ0) is 18.2. The molecular weight excluding hydrogens is 322 g/mol. The van der Waals surface area contributed by atoms with Gasteiger partial charge in [-0.3, -0.25) is 0 Å². The number of carbonyl (C=O) groups is 1. The molecule has 2 bridgehead atoms. The van der Waals surface area contributed by atoms with Crippen molar-refractivity contribution in [2.75, 3.05) is 18.4 Å². The van der Waals surface area contributed by atoms with E-state index in [9.17, 15) is 4.79 Å². The number of rotatable bonds is 10. The van der Waals surface area contributed by atoms with Crippen molar-refractivity contribution in [1.29, 1.82) is 0 Å². The fraction of sp³-hybridized carbons (Fsp3) is 0.682. The van der Waals surface area contributed by atoms with E-state index in [1.54, 1.807) is 0 Å². The Hall–Kier alpha value is -1.55. The van der Waals surface area contributed by atoms with Gasteiger partial charge in [0.15, 0.2) is 0 Å². The SMILES string of the molecule is CCCCCCCCCCc1ccc(NC(=O)N2CC3CC(C2)N3)cc1. The molecule has 0 aromatic heterocycles. The van der Waals surface area contributed by atoms with Gasteiger partial charge in [-0.2, -0.15) is 0 Å². The van der Waals surface area contributed by atoms with Gasteiger partial charge >= 0.3 is 6.03 Å². The molecule has 1 aromatic rings. The average Bonchev–Trinajstić information content (AvgIpc) is 2.65. The number of carbonyl (C=O) groups excluding carboxylic acids is 1. The fourth-order valence-corrected chi connectivity index (χ4v) is 4.10. The molecule has 4 heteroatoms. The van der Waals surface area contributed by atoms with Gasteiger partial charge in [0.2, 0.25) is 0 Å². The number of urea groups is 1. The van der Waals surface area contributed by atoms with Gasteiger partial charge in [0, 0.05) is 30.9 Å². The summed E-state index contributed by atoms with van der Waals surface area (Å²) in [6, 6.07) is 9.46. The van der Waals surface area contributed by atoms with E-state index in [0.29, 0.717) is 12.1 Å². The van der Waals surface area contributed by atoms with Crippen LogP contribution >= 0.6 is 0 Å². The molecule has 144 valence electrons. The lowest BCUT2D eigenvalue weighted by molar-refractivity contribution is 0.102. The van der Waals surface area contributed by atoms with Crippen molar-refractivity contribution in [1.82, 2.24) is 10.2 Å². The number of unbranched alkanes of at least 4 members (excludes halogenated alkanes) is 7. The van der Waals surface area contributed by atoms with Gasteiger partial charge in [-0.15, -0.1) is 0 Å². The molecule has 1 aromatic carbocycles. The Kier molecular flexibility index (Phi) is 7.36. The first-order chi connectivity index (χ1) is 12.7. The van der Waals surface area contributed by atoms with Crippen molar-refractivity contribution in [2.45, 2.75) is 83.2 Å². The minimum Gasteiger partial charge on any atom is -0.321 e. The summed E-state index contributed by atoms with van der Waals surface area (Å²) in [5, 5.41) is 6.49. The molecule has 4 rings (SSSR count). The van der Waals surface area contributed by atoms with Gasteiger partial charge < -0.3 is 15.5 Å². The quantitative estimate of drug-likeness (QED) is 0.582. The van der Waals surface area contributed by atoms with Crippen molar-refractivity contribution in [2.24, 2.45) is 0 Å². The Bertz CT molecular complexity index is 541. The maximum atomic E-state index is 12.3. The fourth-order valence-electron chi connectivity index (χ4n) is 4.10. The summed E-state index contributed by atoms with van der Waals surface area (Å²) in [7, 11) is 0. The second-order valence-electron chi connectivity index (χ2n) is 8.05. The minimum atomic E-state index is 0.0389. The molecule has 4 nitrogen and oxygen atoms in total. The molecule has 26 heavy (non-hydrogen) atoms. The van der Waals surface area contributed by atoms with Crippen LogP contribution in [0.1, 0.15) is 70.3 Å². The largest absolute Gasteiger partial charge is 0.321 e. The number of nitrogens with one attached hydrogen (secondary N) is 2. The van der Waals surface area contributed by atoms with E-state index in [1.807, 2.05) is 17.0 Å². The van der Waals surface area contributed by atoms with Gasteiger partial charge in [0.05, 0.1) is 0 Å². The number of nitrogens with zero attached hydrogens (tertiary/aromatic N) is 1. The Balaban J connectivity index is 1.30. The third kappa shape index (κ3) is 5.73. The smallest absolute Gasteiger partial charge is 0.321 e. The maximum absolute atomic E-state index is 12.3.